The molecule has 1 atom stereocenters. The normalized spacial score (nSPS) is 15.3. The van der Waals surface area contributed by atoms with Crippen molar-refractivity contribution in [2.24, 2.45) is 5.92 Å². The number of amides is 1. The third kappa shape index (κ3) is 5.45. The third-order valence-corrected chi connectivity index (χ3v) is 6.15. The van der Waals surface area contributed by atoms with Gasteiger partial charge in [0.2, 0.25) is 5.69 Å². The quantitative estimate of drug-likeness (QED) is 0.447. The molecule has 1 aromatic heterocycles. The molecule has 11 heteroatoms. The van der Waals surface area contributed by atoms with Gasteiger partial charge in [0.1, 0.15) is 17.3 Å². The van der Waals surface area contributed by atoms with E-state index in [-0.39, 0.29) is 25.4 Å². The lowest BCUT2D eigenvalue weighted by Crippen LogP contribution is -2.49. The number of nitrogens with zero attached hydrogens (tertiary/aromatic N) is 4. The zero-order valence-electron chi connectivity index (χ0n) is 20.6. The van der Waals surface area contributed by atoms with Crippen molar-refractivity contribution in [3.63, 3.8) is 0 Å². The number of carbonyl (C=O) groups excluding carboxylic acids is 2. The monoisotopic (exact) mass is 510 g/mol. The number of ether oxygens (including phenoxy) is 2. The Morgan fingerprint density at radius 3 is 2.65 bits per heavy atom. The van der Waals surface area contributed by atoms with Crippen LogP contribution in [0.15, 0.2) is 58.1 Å². The molecule has 37 heavy (non-hydrogen) atoms. The number of benzene rings is 2. The molecule has 1 amide bonds. The van der Waals surface area contributed by atoms with Crippen molar-refractivity contribution in [3.8, 4) is 11.4 Å². The van der Waals surface area contributed by atoms with E-state index >= 15 is 0 Å². The molecular formula is C26H27FN4O6. The molecule has 1 aliphatic heterocycles. The molecule has 1 aliphatic rings. The number of rotatable bonds is 7. The largest absolute Gasteiger partial charge is 0.497 e. The van der Waals surface area contributed by atoms with Gasteiger partial charge in [-0.05, 0) is 49.6 Å². The van der Waals surface area contributed by atoms with Gasteiger partial charge < -0.3 is 14.4 Å². The molecule has 0 unspecified atom stereocenters. The molecule has 10 nitrogen and oxygen atoms in total. The van der Waals surface area contributed by atoms with E-state index in [4.69, 9.17) is 9.47 Å². The van der Waals surface area contributed by atoms with E-state index in [2.05, 4.69) is 5.10 Å². The van der Waals surface area contributed by atoms with Crippen LogP contribution in [0.2, 0.25) is 0 Å². The zero-order valence-corrected chi connectivity index (χ0v) is 20.6. The predicted octanol–water partition coefficient (Wildman–Crippen LogP) is 2.01. The Kier molecular flexibility index (Phi) is 7.80. The minimum absolute atomic E-state index is 0.0491. The van der Waals surface area contributed by atoms with Crippen LogP contribution in [0, 0.1) is 11.7 Å². The average Bonchev–Trinajstić information content (AvgIpc) is 2.92. The van der Waals surface area contributed by atoms with E-state index in [1.807, 2.05) is 0 Å². The minimum atomic E-state index is -0.913. The number of methoxy groups -OCH3 is 1. The van der Waals surface area contributed by atoms with E-state index in [9.17, 15) is 23.6 Å². The molecule has 2 heterocycles. The van der Waals surface area contributed by atoms with E-state index in [1.165, 1.54) is 30.2 Å². The summed E-state index contributed by atoms with van der Waals surface area (Å²) >= 11 is 0. The third-order valence-electron chi connectivity index (χ3n) is 6.15. The summed E-state index contributed by atoms with van der Waals surface area (Å²) in [6, 6.07) is 12.2. The number of aromatic nitrogens is 3. The van der Waals surface area contributed by atoms with Gasteiger partial charge in [-0.3, -0.25) is 19.0 Å². The second-order valence-electron chi connectivity index (χ2n) is 8.58. The maximum Gasteiger partial charge on any atom is 0.352 e. The van der Waals surface area contributed by atoms with E-state index in [1.54, 1.807) is 31.2 Å². The predicted molar refractivity (Wildman–Crippen MR) is 131 cm³/mol. The van der Waals surface area contributed by atoms with Gasteiger partial charge >= 0.3 is 11.7 Å². The van der Waals surface area contributed by atoms with Crippen molar-refractivity contribution in [2.45, 2.75) is 26.3 Å². The molecule has 3 aromatic rings. The summed E-state index contributed by atoms with van der Waals surface area (Å²) in [7, 11) is 1.49. The van der Waals surface area contributed by atoms with E-state index in [0.717, 1.165) is 15.3 Å². The van der Waals surface area contributed by atoms with Gasteiger partial charge in [-0.1, -0.05) is 24.3 Å². The number of piperidine rings is 1. The van der Waals surface area contributed by atoms with Crippen molar-refractivity contribution in [2.75, 3.05) is 26.8 Å². The fraction of sp³-hybridized carbons (Fsp3) is 0.346. The first-order chi connectivity index (χ1) is 17.8. The van der Waals surface area contributed by atoms with Crippen molar-refractivity contribution in [1.82, 2.24) is 19.2 Å². The Labute approximate surface area is 211 Å². The van der Waals surface area contributed by atoms with Crippen LogP contribution in [0.5, 0.6) is 5.75 Å². The van der Waals surface area contributed by atoms with Gasteiger partial charge in [-0.25, -0.2) is 9.18 Å². The van der Waals surface area contributed by atoms with Crippen LogP contribution in [0.1, 0.15) is 35.8 Å². The minimum Gasteiger partial charge on any atom is -0.497 e. The highest BCUT2D eigenvalue weighted by molar-refractivity contribution is 5.92. The Morgan fingerprint density at radius 1 is 1.14 bits per heavy atom. The lowest BCUT2D eigenvalue weighted by Gasteiger charge is -2.31. The lowest BCUT2D eigenvalue weighted by molar-refractivity contribution is -0.149. The Bertz CT molecular complexity index is 1430. The summed E-state index contributed by atoms with van der Waals surface area (Å²) in [6.07, 6.45) is 1.07. The van der Waals surface area contributed by atoms with Crippen LogP contribution >= 0.6 is 0 Å². The van der Waals surface area contributed by atoms with Crippen molar-refractivity contribution in [1.29, 1.82) is 0 Å². The van der Waals surface area contributed by atoms with Crippen molar-refractivity contribution >= 4 is 11.9 Å². The number of para-hydroxylation sites is 1. The molecule has 0 bridgehead atoms. The summed E-state index contributed by atoms with van der Waals surface area (Å²) in [4.78, 5) is 53.9. The Hall–Kier alpha value is -4.28. The first-order valence-electron chi connectivity index (χ1n) is 11.9. The average molecular weight is 511 g/mol. The van der Waals surface area contributed by atoms with Gasteiger partial charge in [0, 0.05) is 13.1 Å². The van der Waals surface area contributed by atoms with Crippen LogP contribution in [-0.4, -0.2) is 57.9 Å². The standard InChI is InChI=1S/C26H27FN4O6/c1-3-37-25(34)18-9-7-13-29(16-18)23(32)22-24(33)30(15-17-8-6-10-19(14-17)36-2)26(35)31(28-22)21-12-5-4-11-20(21)27/h4-6,8,10-12,14,18H,3,7,9,13,15-16H2,1-2H3/t18-/m1/s1. The number of halogens is 1. The molecule has 1 fully saturated rings. The van der Waals surface area contributed by atoms with Crippen LogP contribution in [0.25, 0.3) is 5.69 Å². The van der Waals surface area contributed by atoms with E-state index < -0.39 is 40.6 Å². The maximum absolute atomic E-state index is 14.7. The van der Waals surface area contributed by atoms with Crippen LogP contribution in [0.3, 0.4) is 0 Å². The smallest absolute Gasteiger partial charge is 0.352 e. The molecule has 0 aliphatic carbocycles. The fourth-order valence-corrected chi connectivity index (χ4v) is 4.29. The van der Waals surface area contributed by atoms with Crippen molar-refractivity contribution in [3.05, 3.63) is 86.4 Å². The van der Waals surface area contributed by atoms with Gasteiger partial charge in [0.05, 0.1) is 26.2 Å². The Morgan fingerprint density at radius 2 is 1.92 bits per heavy atom. The summed E-state index contributed by atoms with van der Waals surface area (Å²) < 4.78 is 26.5. The first kappa shape index (κ1) is 25.8. The summed E-state index contributed by atoms with van der Waals surface area (Å²) in [6.45, 7) is 2.06. The number of esters is 1. The first-order valence-corrected chi connectivity index (χ1v) is 11.9. The van der Waals surface area contributed by atoms with Gasteiger partial charge in [0.15, 0.2) is 0 Å². The Balaban J connectivity index is 1.80. The fourth-order valence-electron chi connectivity index (χ4n) is 4.29. The molecular weight excluding hydrogens is 483 g/mol. The molecule has 0 N–H and O–H groups in total. The molecule has 0 radical (unpaired) electrons. The molecule has 194 valence electrons. The molecule has 4 rings (SSSR count). The molecule has 0 spiro atoms. The second-order valence-corrected chi connectivity index (χ2v) is 8.58. The number of carbonyl (C=O) groups is 2. The second kappa shape index (κ2) is 11.2. The summed E-state index contributed by atoms with van der Waals surface area (Å²) in [5, 5.41) is 4.02. The van der Waals surface area contributed by atoms with Crippen molar-refractivity contribution < 1.29 is 23.5 Å². The topological polar surface area (TPSA) is 113 Å². The number of hydrogen-bond acceptors (Lipinski definition) is 7. The van der Waals surface area contributed by atoms with Gasteiger partial charge in [-0.15, -0.1) is 0 Å². The highest BCUT2D eigenvalue weighted by Crippen LogP contribution is 2.19. The summed E-state index contributed by atoms with van der Waals surface area (Å²) in [5.41, 5.74) is -2.01. The number of hydrogen-bond donors (Lipinski definition) is 0. The molecule has 1 saturated heterocycles. The zero-order chi connectivity index (χ0) is 26.5. The highest BCUT2D eigenvalue weighted by atomic mass is 19.1. The van der Waals surface area contributed by atoms with Gasteiger partial charge in [0.25, 0.3) is 11.5 Å². The summed E-state index contributed by atoms with van der Waals surface area (Å²) in [5.74, 6) is -1.93. The molecule has 2 aromatic carbocycles. The van der Waals surface area contributed by atoms with Gasteiger partial charge in [-0.2, -0.15) is 9.78 Å². The maximum atomic E-state index is 14.7. The molecule has 0 saturated carbocycles. The SMILES string of the molecule is CCOC(=O)[C@@H]1CCCN(C(=O)c2nn(-c3ccccc3F)c(=O)n(Cc3cccc(OC)c3)c2=O)C1. The van der Waals surface area contributed by atoms with E-state index in [0.29, 0.717) is 30.7 Å². The number of likely N-dealkylation sites (tertiary alicyclic amines) is 1. The van der Waals surface area contributed by atoms with Crippen LogP contribution in [0.4, 0.5) is 4.39 Å². The lowest BCUT2D eigenvalue weighted by atomic mass is 9.98. The van der Waals surface area contributed by atoms with Crippen LogP contribution in [-0.2, 0) is 16.1 Å². The van der Waals surface area contributed by atoms with Crippen LogP contribution < -0.4 is 16.0 Å². The highest BCUT2D eigenvalue weighted by Gasteiger charge is 2.32.